The fourth-order valence-electron chi connectivity index (χ4n) is 2.28. The summed E-state index contributed by atoms with van der Waals surface area (Å²) in [6.45, 7) is 9.52. The smallest absolute Gasteiger partial charge is 0.297 e. The first-order chi connectivity index (χ1) is 9.69. The Bertz CT molecular complexity index is 532. The number of aliphatic hydroxyl groups excluding tert-OH is 1. The molecular weight excluding hydrogens is 288 g/mol. The van der Waals surface area contributed by atoms with E-state index in [4.69, 9.17) is 4.18 Å². The molecule has 0 aromatic heterocycles. The molecule has 1 N–H and O–H groups in total. The van der Waals surface area contributed by atoms with Crippen molar-refractivity contribution in [3.8, 4) is 0 Å². The highest BCUT2D eigenvalue weighted by Crippen LogP contribution is 2.27. The summed E-state index contributed by atoms with van der Waals surface area (Å²) >= 11 is 0. The maximum Gasteiger partial charge on any atom is 0.297 e. The monoisotopic (exact) mass is 314 g/mol. The van der Waals surface area contributed by atoms with Crippen LogP contribution in [-0.2, 0) is 14.3 Å². The summed E-state index contributed by atoms with van der Waals surface area (Å²) in [5.74, 6) is -0.0920. The Kier molecular flexibility index (Phi) is 6.38. The van der Waals surface area contributed by atoms with Crippen molar-refractivity contribution in [2.75, 3.05) is 6.61 Å². The van der Waals surface area contributed by atoms with Gasteiger partial charge in [-0.25, -0.2) is 0 Å². The quantitative estimate of drug-likeness (QED) is 0.786. The predicted molar refractivity (Wildman–Crippen MR) is 83.5 cm³/mol. The summed E-state index contributed by atoms with van der Waals surface area (Å²) in [5.41, 5.74) is 0.991. The third-order valence-corrected chi connectivity index (χ3v) is 5.02. The summed E-state index contributed by atoms with van der Waals surface area (Å²) in [5, 5.41) is 9.54. The molecule has 0 bridgehead atoms. The molecule has 0 aliphatic heterocycles. The third-order valence-electron chi connectivity index (χ3n) is 3.69. The first kappa shape index (κ1) is 18.1. The molecule has 0 saturated carbocycles. The number of aryl methyl sites for hydroxylation is 1. The van der Waals surface area contributed by atoms with Gasteiger partial charge in [0, 0.05) is 12.5 Å². The van der Waals surface area contributed by atoms with Crippen molar-refractivity contribution in [3.05, 3.63) is 29.8 Å². The molecule has 0 spiro atoms. The Morgan fingerprint density at radius 2 is 1.57 bits per heavy atom. The van der Waals surface area contributed by atoms with Gasteiger partial charge < -0.3 is 5.11 Å². The molecule has 0 aliphatic carbocycles. The van der Waals surface area contributed by atoms with E-state index in [0.29, 0.717) is 0 Å². The second kappa shape index (κ2) is 7.38. The molecule has 5 heteroatoms. The molecule has 0 heterocycles. The number of aliphatic hydroxyl groups is 1. The van der Waals surface area contributed by atoms with Gasteiger partial charge in [0.05, 0.1) is 11.0 Å². The lowest BCUT2D eigenvalue weighted by molar-refractivity contribution is 0.0342. The van der Waals surface area contributed by atoms with Crippen molar-refractivity contribution in [2.45, 2.75) is 45.6 Å². The molecule has 1 aromatic carbocycles. The Hall–Kier alpha value is -0.910. The minimum atomic E-state index is -3.82. The molecule has 1 rings (SSSR count). The van der Waals surface area contributed by atoms with E-state index in [9.17, 15) is 13.5 Å². The van der Waals surface area contributed by atoms with Crippen molar-refractivity contribution in [3.63, 3.8) is 0 Å². The molecule has 21 heavy (non-hydrogen) atoms. The fraction of sp³-hybridized carbons (Fsp3) is 0.625. The summed E-state index contributed by atoms with van der Waals surface area (Å²) < 4.78 is 30.2. The lowest BCUT2D eigenvalue weighted by Crippen LogP contribution is -2.36. The Morgan fingerprint density at radius 3 is 1.95 bits per heavy atom. The van der Waals surface area contributed by atoms with Gasteiger partial charge in [-0.3, -0.25) is 4.18 Å². The van der Waals surface area contributed by atoms with Crippen molar-refractivity contribution in [2.24, 2.45) is 17.8 Å². The number of hydrogen-bond acceptors (Lipinski definition) is 4. The second-order valence-electron chi connectivity index (χ2n) is 6.16. The molecule has 2 atom stereocenters. The van der Waals surface area contributed by atoms with E-state index in [1.807, 2.05) is 34.6 Å². The van der Waals surface area contributed by atoms with E-state index < -0.39 is 16.2 Å². The van der Waals surface area contributed by atoms with Crippen LogP contribution in [-0.4, -0.2) is 26.2 Å². The standard InChI is InChI=1S/C16H26O4S/c1-11(2)15(10-17)16(12(3)4)20-21(18,19)14-8-6-13(5)7-9-14/h6-9,11-12,15-17H,10H2,1-5H3. The molecule has 0 amide bonds. The summed E-state index contributed by atoms with van der Waals surface area (Å²) in [6.07, 6.45) is -0.540. The van der Waals surface area contributed by atoms with Gasteiger partial charge in [0.2, 0.25) is 0 Å². The van der Waals surface area contributed by atoms with Gasteiger partial charge in [0.15, 0.2) is 0 Å². The highest BCUT2D eigenvalue weighted by Gasteiger charge is 2.32. The summed E-state index contributed by atoms with van der Waals surface area (Å²) in [7, 11) is -3.82. The van der Waals surface area contributed by atoms with Crippen LogP contribution >= 0.6 is 0 Å². The maximum atomic E-state index is 12.4. The highest BCUT2D eigenvalue weighted by molar-refractivity contribution is 7.86. The highest BCUT2D eigenvalue weighted by atomic mass is 32.2. The Balaban J connectivity index is 3.05. The average Bonchev–Trinajstić information content (AvgIpc) is 2.38. The van der Waals surface area contributed by atoms with Gasteiger partial charge >= 0.3 is 0 Å². The molecule has 0 radical (unpaired) electrons. The first-order valence-corrected chi connectivity index (χ1v) is 8.70. The van der Waals surface area contributed by atoms with Gasteiger partial charge in [-0.05, 0) is 30.9 Å². The Morgan fingerprint density at radius 1 is 1.05 bits per heavy atom. The minimum absolute atomic E-state index is 0.00947. The first-order valence-electron chi connectivity index (χ1n) is 7.30. The zero-order valence-corrected chi connectivity index (χ0v) is 14.2. The molecule has 2 unspecified atom stereocenters. The topological polar surface area (TPSA) is 63.6 Å². The summed E-state index contributed by atoms with van der Waals surface area (Å²) in [6, 6.07) is 6.58. The average molecular weight is 314 g/mol. The van der Waals surface area contributed by atoms with Crippen molar-refractivity contribution in [1.82, 2.24) is 0 Å². The van der Waals surface area contributed by atoms with E-state index in [-0.39, 0.29) is 29.3 Å². The minimum Gasteiger partial charge on any atom is -0.396 e. The van der Waals surface area contributed by atoms with E-state index >= 15 is 0 Å². The van der Waals surface area contributed by atoms with Gasteiger partial charge in [-0.15, -0.1) is 0 Å². The van der Waals surface area contributed by atoms with Crippen LogP contribution in [0.1, 0.15) is 33.3 Å². The zero-order chi connectivity index (χ0) is 16.2. The van der Waals surface area contributed by atoms with E-state index in [1.165, 1.54) is 0 Å². The van der Waals surface area contributed by atoms with Crippen molar-refractivity contribution < 1.29 is 17.7 Å². The van der Waals surface area contributed by atoms with Gasteiger partial charge in [0.25, 0.3) is 10.1 Å². The van der Waals surface area contributed by atoms with Crippen molar-refractivity contribution >= 4 is 10.1 Å². The SMILES string of the molecule is Cc1ccc(S(=O)(=O)OC(C(C)C)C(CO)C(C)C)cc1. The van der Waals surface area contributed by atoms with Gasteiger partial charge in [-0.2, -0.15) is 8.42 Å². The van der Waals surface area contributed by atoms with E-state index in [1.54, 1.807) is 24.3 Å². The molecule has 0 fully saturated rings. The largest absolute Gasteiger partial charge is 0.396 e. The maximum absolute atomic E-state index is 12.4. The van der Waals surface area contributed by atoms with Crippen LogP contribution in [0, 0.1) is 24.7 Å². The number of rotatable bonds is 7. The van der Waals surface area contributed by atoms with E-state index in [2.05, 4.69) is 0 Å². The van der Waals surface area contributed by atoms with Gasteiger partial charge in [-0.1, -0.05) is 45.4 Å². The number of hydrogen-bond donors (Lipinski definition) is 1. The molecule has 120 valence electrons. The molecule has 4 nitrogen and oxygen atoms in total. The van der Waals surface area contributed by atoms with Crippen LogP contribution in [0.4, 0.5) is 0 Å². The summed E-state index contributed by atoms with van der Waals surface area (Å²) in [4.78, 5) is 0.152. The van der Waals surface area contributed by atoms with Crippen LogP contribution in [0.25, 0.3) is 0 Å². The van der Waals surface area contributed by atoms with Gasteiger partial charge in [0.1, 0.15) is 0 Å². The lowest BCUT2D eigenvalue weighted by atomic mass is 9.85. The lowest BCUT2D eigenvalue weighted by Gasteiger charge is -2.30. The van der Waals surface area contributed by atoms with Crippen LogP contribution in [0.5, 0.6) is 0 Å². The zero-order valence-electron chi connectivity index (χ0n) is 13.4. The van der Waals surface area contributed by atoms with Crippen LogP contribution in [0.15, 0.2) is 29.2 Å². The predicted octanol–water partition coefficient (Wildman–Crippen LogP) is 2.99. The number of benzene rings is 1. The normalized spacial score (nSPS) is 15.4. The second-order valence-corrected chi connectivity index (χ2v) is 7.73. The Labute approximate surface area is 128 Å². The molecular formula is C16H26O4S. The molecule has 0 aliphatic rings. The van der Waals surface area contributed by atoms with Crippen LogP contribution < -0.4 is 0 Å². The van der Waals surface area contributed by atoms with E-state index in [0.717, 1.165) is 5.56 Å². The third kappa shape index (κ3) is 4.80. The van der Waals surface area contributed by atoms with Crippen molar-refractivity contribution in [1.29, 1.82) is 0 Å². The van der Waals surface area contributed by atoms with Crippen LogP contribution in [0.3, 0.4) is 0 Å². The fourth-order valence-corrected chi connectivity index (χ4v) is 3.52. The molecule has 1 aromatic rings. The molecule has 0 saturated heterocycles. The van der Waals surface area contributed by atoms with Crippen LogP contribution in [0.2, 0.25) is 0 Å².